The minimum Gasteiger partial charge on any atom is -0.262 e. The van der Waals surface area contributed by atoms with E-state index in [4.69, 9.17) is 5.53 Å². The van der Waals surface area contributed by atoms with Gasteiger partial charge in [-0.1, -0.05) is 17.3 Å². The topological polar surface area (TPSA) is 61.7 Å². The number of nitrogens with zero attached hydrogens (tertiary/aromatic N) is 4. The zero-order valence-electron chi connectivity index (χ0n) is 6.76. The van der Waals surface area contributed by atoms with E-state index in [1.807, 2.05) is 0 Å². The number of hydrogen-bond donors (Lipinski definition) is 0. The highest BCUT2D eigenvalue weighted by molar-refractivity contribution is 5.48. The number of pyridine rings is 1. The van der Waals surface area contributed by atoms with E-state index < -0.39 is 0 Å². The molecule has 5 heteroatoms. The minimum atomic E-state index is -0.389. The van der Waals surface area contributed by atoms with Crippen LogP contribution >= 0.6 is 0 Å². The van der Waals surface area contributed by atoms with Crippen LogP contribution in [0.15, 0.2) is 29.7 Å². The summed E-state index contributed by atoms with van der Waals surface area (Å²) in [5.41, 5.74) is 8.39. The second-order valence-corrected chi connectivity index (χ2v) is 2.21. The molecule has 0 amide bonds. The first kappa shape index (κ1) is 9.22. The third-order valence-corrected chi connectivity index (χ3v) is 1.35. The minimum absolute atomic E-state index is 0.220. The lowest BCUT2D eigenvalue weighted by atomic mass is 10.2. The van der Waals surface area contributed by atoms with Gasteiger partial charge >= 0.3 is 0 Å². The first-order valence-electron chi connectivity index (χ1n) is 3.61. The van der Waals surface area contributed by atoms with Gasteiger partial charge in [0.05, 0.1) is 6.20 Å². The molecule has 0 saturated carbocycles. The summed E-state index contributed by atoms with van der Waals surface area (Å²) in [4.78, 5) is 6.16. The van der Waals surface area contributed by atoms with Gasteiger partial charge in [0.25, 0.3) is 0 Å². The summed E-state index contributed by atoms with van der Waals surface area (Å²) in [5, 5.41) is 3.27. The van der Waals surface area contributed by atoms with Crippen LogP contribution in [0.3, 0.4) is 0 Å². The van der Waals surface area contributed by atoms with Crippen molar-refractivity contribution in [2.45, 2.75) is 0 Å². The van der Waals surface area contributed by atoms with Gasteiger partial charge in [-0.25, -0.2) is 4.39 Å². The highest BCUT2D eigenvalue weighted by Crippen LogP contribution is 2.05. The molecule has 1 heterocycles. The maximum absolute atomic E-state index is 12.9. The SMILES string of the molecule is [N-]=[N+]=NCC=Cc1ccncc1F. The van der Waals surface area contributed by atoms with Gasteiger partial charge in [-0.2, -0.15) is 0 Å². The average molecular weight is 178 g/mol. The van der Waals surface area contributed by atoms with Crippen LogP contribution in [-0.2, 0) is 0 Å². The summed E-state index contributed by atoms with van der Waals surface area (Å²) >= 11 is 0. The van der Waals surface area contributed by atoms with E-state index >= 15 is 0 Å². The molecule has 1 rings (SSSR count). The molecule has 0 aromatic carbocycles. The quantitative estimate of drug-likeness (QED) is 0.398. The maximum Gasteiger partial charge on any atom is 0.148 e. The van der Waals surface area contributed by atoms with E-state index in [0.717, 1.165) is 6.20 Å². The Morgan fingerprint density at radius 1 is 1.69 bits per heavy atom. The number of halogens is 1. The van der Waals surface area contributed by atoms with Crippen LogP contribution in [0, 0.1) is 5.82 Å². The maximum atomic E-state index is 12.9. The average Bonchev–Trinajstić information content (AvgIpc) is 2.15. The molecule has 1 aromatic rings. The van der Waals surface area contributed by atoms with Gasteiger partial charge in [-0.3, -0.25) is 4.98 Å². The van der Waals surface area contributed by atoms with Crippen molar-refractivity contribution < 1.29 is 4.39 Å². The molecule has 4 nitrogen and oxygen atoms in total. The van der Waals surface area contributed by atoms with Gasteiger partial charge in [-0.05, 0) is 11.6 Å². The Kier molecular flexibility index (Phi) is 3.47. The molecular weight excluding hydrogens is 171 g/mol. The Morgan fingerprint density at radius 2 is 2.54 bits per heavy atom. The van der Waals surface area contributed by atoms with Crippen molar-refractivity contribution in [3.05, 3.63) is 46.4 Å². The lowest BCUT2D eigenvalue weighted by Crippen LogP contribution is -1.82. The summed E-state index contributed by atoms with van der Waals surface area (Å²) in [6.07, 6.45) is 5.76. The van der Waals surface area contributed by atoms with Crippen LogP contribution in [0.25, 0.3) is 16.5 Å². The summed E-state index contributed by atoms with van der Waals surface area (Å²) in [6.45, 7) is 0.220. The monoisotopic (exact) mass is 178 g/mol. The zero-order chi connectivity index (χ0) is 9.52. The standard InChI is InChI=1S/C8H7FN4/c9-8-6-11-5-3-7(8)2-1-4-12-13-10/h1-3,5-6H,4H2. The van der Waals surface area contributed by atoms with Gasteiger partial charge in [0.15, 0.2) is 0 Å². The molecule has 0 bridgehead atoms. The first-order valence-corrected chi connectivity index (χ1v) is 3.61. The molecule has 0 radical (unpaired) electrons. The summed E-state index contributed by atoms with van der Waals surface area (Å²) < 4.78 is 12.9. The predicted octanol–water partition coefficient (Wildman–Crippen LogP) is 2.54. The molecule has 0 atom stereocenters. The Hall–Kier alpha value is -1.87. The van der Waals surface area contributed by atoms with Crippen molar-refractivity contribution in [1.82, 2.24) is 4.98 Å². The van der Waals surface area contributed by atoms with E-state index in [2.05, 4.69) is 15.0 Å². The van der Waals surface area contributed by atoms with Crippen molar-refractivity contribution in [3.63, 3.8) is 0 Å². The van der Waals surface area contributed by atoms with Crippen molar-refractivity contribution in [2.24, 2.45) is 5.11 Å². The Morgan fingerprint density at radius 3 is 3.23 bits per heavy atom. The van der Waals surface area contributed by atoms with Crippen LogP contribution in [0.1, 0.15) is 5.56 Å². The second kappa shape index (κ2) is 4.90. The number of azide groups is 1. The smallest absolute Gasteiger partial charge is 0.148 e. The molecule has 1 aromatic heterocycles. The number of hydrogen-bond acceptors (Lipinski definition) is 2. The van der Waals surface area contributed by atoms with E-state index in [1.54, 1.807) is 18.2 Å². The Labute approximate surface area is 74.4 Å². The van der Waals surface area contributed by atoms with Crippen LogP contribution < -0.4 is 0 Å². The van der Waals surface area contributed by atoms with Gasteiger partial charge in [0, 0.05) is 23.2 Å². The summed E-state index contributed by atoms with van der Waals surface area (Å²) in [7, 11) is 0. The molecule has 0 spiro atoms. The van der Waals surface area contributed by atoms with E-state index in [1.165, 1.54) is 6.20 Å². The Balaban J connectivity index is 2.68. The van der Waals surface area contributed by atoms with Crippen molar-refractivity contribution in [3.8, 4) is 0 Å². The first-order chi connectivity index (χ1) is 6.34. The van der Waals surface area contributed by atoms with Gasteiger partial charge in [-0.15, -0.1) is 0 Å². The third-order valence-electron chi connectivity index (χ3n) is 1.35. The fraction of sp³-hybridized carbons (Fsp3) is 0.125. The molecule has 0 fully saturated rings. The molecule has 0 aliphatic rings. The number of rotatable bonds is 3. The van der Waals surface area contributed by atoms with Gasteiger partial charge < -0.3 is 0 Å². The van der Waals surface area contributed by atoms with Crippen molar-refractivity contribution >= 4 is 6.08 Å². The molecular formula is C8H7FN4. The molecule has 0 saturated heterocycles. The van der Waals surface area contributed by atoms with Crippen LogP contribution in [0.2, 0.25) is 0 Å². The molecule has 13 heavy (non-hydrogen) atoms. The molecule has 0 unspecified atom stereocenters. The van der Waals surface area contributed by atoms with Crippen molar-refractivity contribution in [2.75, 3.05) is 6.54 Å². The Bertz CT molecular complexity index is 355. The highest BCUT2D eigenvalue weighted by Gasteiger charge is 1.94. The molecule has 66 valence electrons. The summed E-state index contributed by atoms with van der Waals surface area (Å²) in [6, 6.07) is 1.54. The fourth-order valence-corrected chi connectivity index (χ4v) is 0.784. The highest BCUT2D eigenvalue weighted by atomic mass is 19.1. The lowest BCUT2D eigenvalue weighted by molar-refractivity contribution is 0.618. The van der Waals surface area contributed by atoms with Gasteiger partial charge in [0.2, 0.25) is 0 Å². The second-order valence-electron chi connectivity index (χ2n) is 2.21. The van der Waals surface area contributed by atoms with Crippen LogP contribution in [-0.4, -0.2) is 11.5 Å². The normalized spacial score (nSPS) is 9.92. The largest absolute Gasteiger partial charge is 0.262 e. The van der Waals surface area contributed by atoms with E-state index in [0.29, 0.717) is 5.56 Å². The van der Waals surface area contributed by atoms with E-state index in [9.17, 15) is 4.39 Å². The van der Waals surface area contributed by atoms with Crippen LogP contribution in [0.4, 0.5) is 4.39 Å². The van der Waals surface area contributed by atoms with Crippen LogP contribution in [0.5, 0.6) is 0 Å². The predicted molar refractivity (Wildman–Crippen MR) is 47.2 cm³/mol. The zero-order valence-corrected chi connectivity index (χ0v) is 6.76. The summed E-state index contributed by atoms with van der Waals surface area (Å²) in [5.74, 6) is -0.389. The van der Waals surface area contributed by atoms with E-state index in [-0.39, 0.29) is 12.4 Å². The van der Waals surface area contributed by atoms with Crippen molar-refractivity contribution in [1.29, 1.82) is 0 Å². The molecule has 0 N–H and O–H groups in total. The fourth-order valence-electron chi connectivity index (χ4n) is 0.784. The number of aromatic nitrogens is 1. The lowest BCUT2D eigenvalue weighted by Gasteiger charge is -1.92. The third kappa shape index (κ3) is 2.92. The molecule has 0 aliphatic heterocycles. The van der Waals surface area contributed by atoms with Gasteiger partial charge in [0.1, 0.15) is 5.82 Å². The molecule has 0 aliphatic carbocycles.